The van der Waals surface area contributed by atoms with E-state index in [-0.39, 0.29) is 12.5 Å². The minimum atomic E-state index is -3.52. The smallest absolute Gasteiger partial charge is 0.243 e. The van der Waals surface area contributed by atoms with Crippen molar-refractivity contribution in [3.05, 3.63) is 29.3 Å². The van der Waals surface area contributed by atoms with E-state index in [1.807, 2.05) is 32.0 Å². The zero-order valence-corrected chi connectivity index (χ0v) is 15.2. The summed E-state index contributed by atoms with van der Waals surface area (Å²) in [4.78, 5) is 14.4. The molecule has 0 bridgehead atoms. The van der Waals surface area contributed by atoms with Crippen LogP contribution in [0, 0.1) is 19.8 Å². The summed E-state index contributed by atoms with van der Waals surface area (Å²) in [6, 6.07) is 5.65. The topological polar surface area (TPSA) is 57.7 Å². The van der Waals surface area contributed by atoms with E-state index in [1.165, 1.54) is 4.31 Å². The molecule has 1 saturated heterocycles. The van der Waals surface area contributed by atoms with Crippen LogP contribution in [0.3, 0.4) is 0 Å². The van der Waals surface area contributed by atoms with Gasteiger partial charge in [0.25, 0.3) is 0 Å². The van der Waals surface area contributed by atoms with Crippen molar-refractivity contribution in [1.82, 2.24) is 4.90 Å². The minimum absolute atomic E-state index is 0.122. The van der Waals surface area contributed by atoms with Crippen LogP contribution in [0.4, 0.5) is 5.69 Å². The van der Waals surface area contributed by atoms with Gasteiger partial charge in [0.05, 0.1) is 11.9 Å². The van der Waals surface area contributed by atoms with E-state index in [4.69, 9.17) is 0 Å². The lowest BCUT2D eigenvalue weighted by Crippen LogP contribution is -2.46. The molecule has 1 aromatic carbocycles. The molecular formula is C17H26N2O3S. The molecule has 0 saturated carbocycles. The van der Waals surface area contributed by atoms with Gasteiger partial charge in [0.1, 0.15) is 6.54 Å². The SMILES string of the molecule is Cc1ccc(C)c(N(CC(=O)N2CCC[C@H](C)C2)S(C)(=O)=O)c1. The number of rotatable bonds is 4. The van der Waals surface area contributed by atoms with Gasteiger partial charge in [0, 0.05) is 13.1 Å². The second-order valence-corrected chi connectivity index (χ2v) is 8.55. The molecule has 0 unspecified atom stereocenters. The number of amides is 1. The third-order valence-corrected chi connectivity index (χ3v) is 5.45. The molecule has 1 amide bonds. The van der Waals surface area contributed by atoms with Crippen molar-refractivity contribution in [3.63, 3.8) is 0 Å². The maximum absolute atomic E-state index is 12.6. The standard InChI is InChI=1S/C17H26N2O3S/c1-13-7-8-15(3)16(10-13)19(23(4,21)22)12-17(20)18-9-5-6-14(2)11-18/h7-8,10,14H,5-6,9,11-12H2,1-4H3/t14-/m0/s1. The molecule has 0 aliphatic carbocycles. The van der Waals surface area contributed by atoms with Crippen molar-refractivity contribution in [2.75, 3.05) is 30.2 Å². The van der Waals surface area contributed by atoms with Crippen LogP contribution < -0.4 is 4.31 Å². The molecule has 0 spiro atoms. The molecule has 1 fully saturated rings. The average Bonchev–Trinajstić information content (AvgIpc) is 2.46. The average molecular weight is 338 g/mol. The number of aryl methyl sites for hydroxylation is 2. The Hall–Kier alpha value is -1.56. The van der Waals surface area contributed by atoms with Gasteiger partial charge in [0.15, 0.2) is 0 Å². The third-order valence-electron chi connectivity index (χ3n) is 4.32. The molecule has 1 aromatic rings. The summed E-state index contributed by atoms with van der Waals surface area (Å²) in [5, 5.41) is 0. The Balaban J connectivity index is 2.26. The number of carbonyl (C=O) groups excluding carboxylic acids is 1. The van der Waals surface area contributed by atoms with Gasteiger partial charge in [0.2, 0.25) is 15.9 Å². The highest BCUT2D eigenvalue weighted by molar-refractivity contribution is 7.92. The van der Waals surface area contributed by atoms with E-state index >= 15 is 0 Å². The first-order valence-corrected chi connectivity index (χ1v) is 9.86. The van der Waals surface area contributed by atoms with Gasteiger partial charge in [-0.2, -0.15) is 0 Å². The second-order valence-electron chi connectivity index (χ2n) is 6.65. The number of carbonyl (C=O) groups is 1. The predicted octanol–water partition coefficient (Wildman–Crippen LogP) is 2.33. The summed E-state index contributed by atoms with van der Waals surface area (Å²) in [5.41, 5.74) is 2.41. The number of benzene rings is 1. The van der Waals surface area contributed by atoms with Gasteiger partial charge in [-0.1, -0.05) is 19.1 Å². The lowest BCUT2D eigenvalue weighted by molar-refractivity contribution is -0.131. The fourth-order valence-electron chi connectivity index (χ4n) is 3.01. The number of sulfonamides is 1. The van der Waals surface area contributed by atoms with Gasteiger partial charge in [-0.15, -0.1) is 0 Å². The number of hydrogen-bond acceptors (Lipinski definition) is 3. The Bertz CT molecular complexity index is 685. The van der Waals surface area contributed by atoms with Crippen LogP contribution in [0.2, 0.25) is 0 Å². The molecular weight excluding hydrogens is 312 g/mol. The highest BCUT2D eigenvalue weighted by atomic mass is 32.2. The Kier molecular flexibility index (Phi) is 5.34. The first-order valence-electron chi connectivity index (χ1n) is 8.01. The quantitative estimate of drug-likeness (QED) is 0.846. The Labute approximate surface area is 139 Å². The summed E-state index contributed by atoms with van der Waals surface area (Å²) in [6.45, 7) is 7.20. The molecule has 128 valence electrons. The molecule has 2 rings (SSSR count). The van der Waals surface area contributed by atoms with Gasteiger partial charge in [-0.3, -0.25) is 9.10 Å². The summed E-state index contributed by atoms with van der Waals surface area (Å²) in [6.07, 6.45) is 3.26. The fourth-order valence-corrected chi connectivity index (χ4v) is 3.91. The van der Waals surface area contributed by atoms with Crippen molar-refractivity contribution in [1.29, 1.82) is 0 Å². The molecule has 1 aliphatic heterocycles. The molecule has 1 atom stereocenters. The molecule has 1 aliphatic rings. The van der Waals surface area contributed by atoms with Gasteiger partial charge >= 0.3 is 0 Å². The molecule has 6 heteroatoms. The number of piperidine rings is 1. The first-order chi connectivity index (χ1) is 10.7. The van der Waals surface area contributed by atoms with E-state index in [9.17, 15) is 13.2 Å². The third kappa shape index (κ3) is 4.47. The first kappa shape index (κ1) is 17.8. The van der Waals surface area contributed by atoms with E-state index in [1.54, 1.807) is 4.90 Å². The zero-order chi connectivity index (χ0) is 17.2. The Morgan fingerprint density at radius 2 is 2.04 bits per heavy atom. The molecule has 0 N–H and O–H groups in total. The highest BCUT2D eigenvalue weighted by Gasteiger charge is 2.27. The second kappa shape index (κ2) is 6.91. The van der Waals surface area contributed by atoms with Crippen molar-refractivity contribution < 1.29 is 13.2 Å². The number of anilines is 1. The Morgan fingerprint density at radius 1 is 1.35 bits per heavy atom. The summed E-state index contributed by atoms with van der Waals surface area (Å²) in [7, 11) is -3.52. The highest BCUT2D eigenvalue weighted by Crippen LogP contribution is 2.24. The maximum Gasteiger partial charge on any atom is 0.243 e. The fraction of sp³-hybridized carbons (Fsp3) is 0.588. The van der Waals surface area contributed by atoms with Gasteiger partial charge < -0.3 is 4.90 Å². The lowest BCUT2D eigenvalue weighted by atomic mass is 10.0. The maximum atomic E-state index is 12.6. The zero-order valence-electron chi connectivity index (χ0n) is 14.4. The van der Waals surface area contributed by atoms with Gasteiger partial charge in [-0.25, -0.2) is 8.42 Å². The molecule has 23 heavy (non-hydrogen) atoms. The largest absolute Gasteiger partial charge is 0.341 e. The summed E-state index contributed by atoms with van der Waals surface area (Å²) >= 11 is 0. The van der Waals surface area contributed by atoms with Crippen LogP contribution in [0.1, 0.15) is 30.9 Å². The van der Waals surface area contributed by atoms with Crippen molar-refractivity contribution in [2.24, 2.45) is 5.92 Å². The monoisotopic (exact) mass is 338 g/mol. The van der Waals surface area contributed by atoms with Crippen molar-refractivity contribution in [3.8, 4) is 0 Å². The van der Waals surface area contributed by atoms with E-state index in [0.29, 0.717) is 24.7 Å². The summed E-state index contributed by atoms with van der Waals surface area (Å²) < 4.78 is 25.7. The lowest BCUT2D eigenvalue weighted by Gasteiger charge is -2.33. The molecule has 0 aromatic heterocycles. The minimum Gasteiger partial charge on any atom is -0.341 e. The van der Waals surface area contributed by atoms with E-state index in [0.717, 1.165) is 30.2 Å². The van der Waals surface area contributed by atoms with E-state index < -0.39 is 10.0 Å². The van der Waals surface area contributed by atoms with Crippen LogP contribution in [0.15, 0.2) is 18.2 Å². The normalized spacial score (nSPS) is 18.8. The molecule has 0 radical (unpaired) electrons. The summed E-state index contributed by atoms with van der Waals surface area (Å²) in [5.74, 6) is 0.350. The number of hydrogen-bond donors (Lipinski definition) is 0. The number of likely N-dealkylation sites (tertiary alicyclic amines) is 1. The Morgan fingerprint density at radius 3 is 2.65 bits per heavy atom. The van der Waals surface area contributed by atoms with Crippen LogP contribution >= 0.6 is 0 Å². The van der Waals surface area contributed by atoms with E-state index in [2.05, 4.69) is 6.92 Å². The van der Waals surface area contributed by atoms with Crippen LogP contribution in [-0.4, -0.2) is 45.1 Å². The van der Waals surface area contributed by atoms with Crippen LogP contribution in [0.5, 0.6) is 0 Å². The number of nitrogens with zero attached hydrogens (tertiary/aromatic N) is 2. The molecule has 1 heterocycles. The van der Waals surface area contributed by atoms with Gasteiger partial charge in [-0.05, 0) is 49.8 Å². The molecule has 5 nitrogen and oxygen atoms in total. The van der Waals surface area contributed by atoms with Crippen molar-refractivity contribution in [2.45, 2.75) is 33.6 Å². The van der Waals surface area contributed by atoms with Crippen LogP contribution in [0.25, 0.3) is 0 Å². The predicted molar refractivity (Wildman–Crippen MR) is 93.1 cm³/mol. The van der Waals surface area contributed by atoms with Crippen molar-refractivity contribution >= 4 is 21.6 Å². The van der Waals surface area contributed by atoms with Crippen LogP contribution in [-0.2, 0) is 14.8 Å².